The quantitative estimate of drug-likeness (QED) is 0.568. The van der Waals surface area contributed by atoms with E-state index in [9.17, 15) is 0 Å². The molecular formula is C12H11OPS. The molecule has 0 bridgehead atoms. The Labute approximate surface area is 96.5 Å². The minimum absolute atomic E-state index is 0.139. The van der Waals surface area contributed by atoms with Gasteiger partial charge in [-0.25, -0.2) is 0 Å². The lowest BCUT2D eigenvalue weighted by atomic mass is 10.1. The highest BCUT2D eigenvalue weighted by Crippen LogP contribution is 2.17. The first-order chi connectivity index (χ1) is 7.38. The van der Waals surface area contributed by atoms with Crippen LogP contribution in [0, 0.1) is 0 Å². The molecule has 0 aromatic heterocycles. The van der Waals surface area contributed by atoms with Gasteiger partial charge in [-0.3, -0.25) is 4.57 Å². The Balaban J connectivity index is 0.000000337. The molecular weight excluding hydrogens is 223 g/mol. The van der Waals surface area contributed by atoms with Crippen molar-refractivity contribution >= 4 is 19.9 Å². The molecule has 0 saturated carbocycles. The van der Waals surface area contributed by atoms with Crippen LogP contribution in [0.1, 0.15) is 0 Å². The van der Waals surface area contributed by atoms with Crippen molar-refractivity contribution in [2.45, 2.75) is 0 Å². The fourth-order valence-electron chi connectivity index (χ4n) is 1.26. The summed E-state index contributed by atoms with van der Waals surface area (Å²) in [7, 11) is -0.139. The maximum absolute atomic E-state index is 8.77. The van der Waals surface area contributed by atoms with Crippen LogP contribution < -0.4 is 0 Å². The molecule has 0 spiro atoms. The molecule has 2 aromatic carbocycles. The van der Waals surface area contributed by atoms with Gasteiger partial charge in [0, 0.05) is 0 Å². The molecule has 0 N–H and O–H groups in total. The zero-order chi connectivity index (χ0) is 10.9. The number of thiol groups is 1. The van der Waals surface area contributed by atoms with Crippen molar-refractivity contribution < 1.29 is 4.57 Å². The Morgan fingerprint density at radius 3 is 1.27 bits per heavy atom. The predicted molar refractivity (Wildman–Crippen MR) is 68.5 cm³/mol. The van der Waals surface area contributed by atoms with E-state index in [1.165, 1.54) is 11.1 Å². The third kappa shape index (κ3) is 4.28. The third-order valence-corrected chi connectivity index (χ3v) is 1.88. The molecule has 0 unspecified atom stereocenters. The average Bonchev–Trinajstić information content (AvgIpc) is 2.32. The van der Waals surface area contributed by atoms with E-state index < -0.39 is 0 Å². The smallest absolute Gasteiger partial charge is 0.223 e. The van der Waals surface area contributed by atoms with Gasteiger partial charge in [-0.1, -0.05) is 72.9 Å². The van der Waals surface area contributed by atoms with Gasteiger partial charge in [-0.2, -0.15) is 0 Å². The van der Waals surface area contributed by atoms with E-state index in [2.05, 4.69) is 60.8 Å². The Hall–Kier alpha value is -1.11. The van der Waals surface area contributed by atoms with Gasteiger partial charge in [0.05, 0.1) is 0 Å². The number of hydrogen-bond donors (Lipinski definition) is 1. The summed E-state index contributed by atoms with van der Waals surface area (Å²) in [5.74, 6) is 0. The van der Waals surface area contributed by atoms with Crippen LogP contribution in [-0.4, -0.2) is 0 Å². The van der Waals surface area contributed by atoms with Crippen molar-refractivity contribution in [3.05, 3.63) is 60.7 Å². The van der Waals surface area contributed by atoms with Crippen molar-refractivity contribution in [2.75, 3.05) is 0 Å². The van der Waals surface area contributed by atoms with E-state index in [0.717, 1.165) is 0 Å². The van der Waals surface area contributed by atoms with Gasteiger partial charge < -0.3 is 0 Å². The second-order valence-electron chi connectivity index (χ2n) is 2.81. The molecule has 0 radical (unpaired) electrons. The molecule has 0 amide bonds. The lowest BCUT2D eigenvalue weighted by molar-refractivity contribution is 0.606. The van der Waals surface area contributed by atoms with Crippen molar-refractivity contribution in [3.63, 3.8) is 0 Å². The summed E-state index contributed by atoms with van der Waals surface area (Å²) < 4.78 is 8.77. The van der Waals surface area contributed by atoms with E-state index in [1.807, 2.05) is 12.1 Å². The fourth-order valence-corrected chi connectivity index (χ4v) is 1.26. The summed E-state index contributed by atoms with van der Waals surface area (Å²) in [5.41, 5.74) is 2.55. The van der Waals surface area contributed by atoms with Crippen LogP contribution in [0.2, 0.25) is 0 Å². The Kier molecular flexibility index (Phi) is 5.76. The molecule has 3 heteroatoms. The lowest BCUT2D eigenvalue weighted by Crippen LogP contribution is -1.73. The van der Waals surface area contributed by atoms with Crippen LogP contribution in [-0.2, 0) is 4.57 Å². The minimum atomic E-state index is -0.139. The molecule has 0 atom stereocenters. The normalized spacial score (nSPS) is 9.13. The molecule has 0 aliphatic heterocycles. The summed E-state index contributed by atoms with van der Waals surface area (Å²) >= 11 is 3.21. The Bertz CT molecular complexity index is 351. The van der Waals surface area contributed by atoms with Crippen molar-refractivity contribution in [2.24, 2.45) is 0 Å². The third-order valence-electron chi connectivity index (χ3n) is 1.88. The Morgan fingerprint density at radius 1 is 0.733 bits per heavy atom. The molecule has 76 valence electrons. The first-order valence-corrected chi connectivity index (χ1v) is 6.42. The van der Waals surface area contributed by atoms with Crippen molar-refractivity contribution in [1.29, 1.82) is 0 Å². The molecule has 2 rings (SSSR count). The number of hydrogen-bond acceptors (Lipinski definition) is 1. The molecule has 0 saturated heterocycles. The fraction of sp³-hybridized carbons (Fsp3) is 0. The summed E-state index contributed by atoms with van der Waals surface area (Å²) in [6.07, 6.45) is 0. The summed E-state index contributed by atoms with van der Waals surface area (Å²) in [6, 6.07) is 20.8. The number of benzene rings is 2. The van der Waals surface area contributed by atoms with E-state index in [4.69, 9.17) is 4.57 Å². The molecule has 0 aliphatic rings. The Morgan fingerprint density at radius 2 is 1.00 bits per heavy atom. The molecule has 0 heterocycles. The van der Waals surface area contributed by atoms with Gasteiger partial charge in [0.25, 0.3) is 0 Å². The van der Waals surface area contributed by atoms with Gasteiger partial charge in [0.2, 0.25) is 7.66 Å². The summed E-state index contributed by atoms with van der Waals surface area (Å²) in [5, 5.41) is 0. The monoisotopic (exact) mass is 234 g/mol. The minimum Gasteiger partial charge on any atom is -0.262 e. The molecule has 0 fully saturated rings. The topological polar surface area (TPSA) is 17.1 Å². The van der Waals surface area contributed by atoms with E-state index in [-0.39, 0.29) is 7.66 Å². The van der Waals surface area contributed by atoms with Crippen LogP contribution in [0.15, 0.2) is 60.7 Å². The van der Waals surface area contributed by atoms with Crippen LogP contribution >= 0.6 is 19.9 Å². The highest BCUT2D eigenvalue weighted by Gasteiger charge is 1.91. The van der Waals surface area contributed by atoms with E-state index in [0.29, 0.717) is 0 Å². The second kappa shape index (κ2) is 7.22. The number of rotatable bonds is 1. The largest absolute Gasteiger partial charge is 0.262 e. The van der Waals surface area contributed by atoms with Crippen molar-refractivity contribution in [3.8, 4) is 11.1 Å². The van der Waals surface area contributed by atoms with Crippen molar-refractivity contribution in [1.82, 2.24) is 0 Å². The van der Waals surface area contributed by atoms with E-state index >= 15 is 0 Å². The zero-order valence-electron chi connectivity index (χ0n) is 8.08. The van der Waals surface area contributed by atoms with Crippen LogP contribution in [0.3, 0.4) is 0 Å². The zero-order valence-corrected chi connectivity index (χ0v) is 9.87. The first-order valence-electron chi connectivity index (χ1n) is 4.45. The lowest BCUT2D eigenvalue weighted by Gasteiger charge is -1.98. The molecule has 15 heavy (non-hydrogen) atoms. The average molecular weight is 234 g/mol. The van der Waals surface area contributed by atoms with Crippen LogP contribution in [0.25, 0.3) is 11.1 Å². The molecule has 1 nitrogen and oxygen atoms in total. The maximum atomic E-state index is 8.77. The highest BCUT2D eigenvalue weighted by atomic mass is 32.7. The van der Waals surface area contributed by atoms with Crippen LogP contribution in [0.4, 0.5) is 0 Å². The van der Waals surface area contributed by atoms with Gasteiger partial charge in [0.15, 0.2) is 0 Å². The van der Waals surface area contributed by atoms with Crippen LogP contribution in [0.5, 0.6) is 0 Å². The summed E-state index contributed by atoms with van der Waals surface area (Å²) in [6.45, 7) is 0. The van der Waals surface area contributed by atoms with Gasteiger partial charge in [0.1, 0.15) is 0 Å². The van der Waals surface area contributed by atoms with Gasteiger partial charge in [-0.05, 0) is 11.1 Å². The first kappa shape index (κ1) is 12.0. The highest BCUT2D eigenvalue weighted by molar-refractivity contribution is 8.33. The summed E-state index contributed by atoms with van der Waals surface area (Å²) in [4.78, 5) is 0. The van der Waals surface area contributed by atoms with E-state index in [1.54, 1.807) is 0 Å². The molecule has 0 aliphatic carbocycles. The standard InChI is InChI=1S/C12H10.HOPS/c1-3-7-11(8-4-1)12-9-5-2-6-10-12;1-2-3/h1-10H;(H,1,3). The SMILES string of the molecule is O=PS.c1ccc(-c2ccccc2)cc1. The predicted octanol–water partition coefficient (Wildman–Crippen LogP) is 4.48. The second-order valence-corrected chi connectivity index (χ2v) is 3.47. The maximum Gasteiger partial charge on any atom is 0.223 e. The van der Waals surface area contributed by atoms with Gasteiger partial charge >= 0.3 is 0 Å². The van der Waals surface area contributed by atoms with Gasteiger partial charge in [-0.15, -0.1) is 0 Å². The molecule has 2 aromatic rings.